The van der Waals surface area contributed by atoms with Gasteiger partial charge in [0.15, 0.2) is 0 Å². The molecule has 0 atom stereocenters. The number of urea groups is 1. The summed E-state index contributed by atoms with van der Waals surface area (Å²) in [6.07, 6.45) is 2.14. The number of barbiturate groups is 1. The van der Waals surface area contributed by atoms with E-state index in [1.165, 1.54) is 6.08 Å². The fourth-order valence-electron chi connectivity index (χ4n) is 4.15. The molecule has 0 radical (unpaired) electrons. The standard InChI is InChI=1S/C30H20BrClN2O3/c31-26-18-20(15-16-21(26)19-22-9-7-8-14-27(22)32)17-25-28(35)33(23-10-3-1-4-11-23)30(37)34(29(25)36)24-12-5-2-6-13-24/h1-18H,19H2. The van der Waals surface area contributed by atoms with Crippen molar-refractivity contribution >= 4 is 62.8 Å². The van der Waals surface area contributed by atoms with Crippen molar-refractivity contribution in [2.24, 2.45) is 0 Å². The van der Waals surface area contributed by atoms with E-state index in [1.807, 2.05) is 42.5 Å². The molecule has 5 rings (SSSR count). The number of hydrogen-bond acceptors (Lipinski definition) is 3. The first kappa shape index (κ1) is 24.7. The predicted octanol–water partition coefficient (Wildman–Crippen LogP) is 7.28. The molecule has 4 aromatic carbocycles. The Morgan fingerprint density at radius 3 is 1.76 bits per heavy atom. The molecule has 7 heteroatoms. The number of halogens is 2. The second-order valence-electron chi connectivity index (χ2n) is 8.41. The van der Waals surface area contributed by atoms with Crippen LogP contribution in [0.25, 0.3) is 6.08 Å². The Morgan fingerprint density at radius 2 is 1.22 bits per heavy atom. The lowest BCUT2D eigenvalue weighted by molar-refractivity contribution is -0.121. The summed E-state index contributed by atoms with van der Waals surface area (Å²) < 4.78 is 0.813. The molecule has 5 nitrogen and oxygen atoms in total. The van der Waals surface area contributed by atoms with Crippen LogP contribution in [0.4, 0.5) is 16.2 Å². The van der Waals surface area contributed by atoms with Crippen LogP contribution in [0, 0.1) is 0 Å². The molecular formula is C30H20BrClN2O3. The number of rotatable bonds is 5. The van der Waals surface area contributed by atoms with Crippen LogP contribution in [0.5, 0.6) is 0 Å². The summed E-state index contributed by atoms with van der Waals surface area (Å²) in [7, 11) is 0. The lowest BCUT2D eigenvalue weighted by Crippen LogP contribution is -2.57. The Bertz CT molecular complexity index is 1470. The fourth-order valence-corrected chi connectivity index (χ4v) is 4.89. The Morgan fingerprint density at radius 1 is 0.676 bits per heavy atom. The first-order valence-electron chi connectivity index (χ1n) is 11.5. The molecule has 0 aliphatic carbocycles. The van der Waals surface area contributed by atoms with Crippen molar-refractivity contribution in [2.75, 3.05) is 9.80 Å². The van der Waals surface area contributed by atoms with Crippen molar-refractivity contribution < 1.29 is 14.4 Å². The molecule has 0 unspecified atom stereocenters. The quantitative estimate of drug-likeness (QED) is 0.187. The van der Waals surface area contributed by atoms with Crippen LogP contribution in [-0.2, 0) is 16.0 Å². The summed E-state index contributed by atoms with van der Waals surface area (Å²) in [6.45, 7) is 0. The molecule has 1 saturated heterocycles. The van der Waals surface area contributed by atoms with Gasteiger partial charge in [0.05, 0.1) is 11.4 Å². The van der Waals surface area contributed by atoms with Gasteiger partial charge in [-0.2, -0.15) is 0 Å². The maximum absolute atomic E-state index is 13.5. The maximum Gasteiger partial charge on any atom is 0.343 e. The number of imide groups is 2. The molecule has 0 N–H and O–H groups in total. The normalized spacial score (nSPS) is 13.8. The SMILES string of the molecule is O=C1C(=Cc2ccc(Cc3ccccc3Cl)c(Br)c2)C(=O)N(c2ccccc2)C(=O)N1c1ccccc1. The van der Waals surface area contributed by atoms with E-state index in [0.717, 1.165) is 25.4 Å². The largest absolute Gasteiger partial charge is 0.343 e. The van der Waals surface area contributed by atoms with Crippen LogP contribution in [0.3, 0.4) is 0 Å². The zero-order valence-corrected chi connectivity index (χ0v) is 21.8. The van der Waals surface area contributed by atoms with Gasteiger partial charge in [-0.1, -0.05) is 94.3 Å². The van der Waals surface area contributed by atoms with Crippen LogP contribution >= 0.6 is 27.5 Å². The van der Waals surface area contributed by atoms with E-state index in [4.69, 9.17) is 11.6 Å². The van der Waals surface area contributed by atoms with Crippen LogP contribution < -0.4 is 9.80 Å². The number of carbonyl (C=O) groups is 3. The topological polar surface area (TPSA) is 57.7 Å². The van der Waals surface area contributed by atoms with Crippen molar-refractivity contribution in [3.8, 4) is 0 Å². The fraction of sp³-hybridized carbons (Fsp3) is 0.0333. The zero-order valence-electron chi connectivity index (χ0n) is 19.5. The molecule has 37 heavy (non-hydrogen) atoms. The third-order valence-corrected chi connectivity index (χ3v) is 7.11. The van der Waals surface area contributed by atoms with Gasteiger partial charge in [-0.05, 0) is 59.2 Å². The molecule has 0 bridgehead atoms. The van der Waals surface area contributed by atoms with Gasteiger partial charge < -0.3 is 0 Å². The van der Waals surface area contributed by atoms with Gasteiger partial charge in [0, 0.05) is 15.9 Å². The number of benzene rings is 4. The lowest BCUT2D eigenvalue weighted by Gasteiger charge is -2.33. The van der Waals surface area contributed by atoms with Gasteiger partial charge in [0.1, 0.15) is 5.57 Å². The van der Waals surface area contributed by atoms with Gasteiger partial charge in [0.2, 0.25) is 0 Å². The third kappa shape index (κ3) is 4.99. The Hall–Kier alpha value is -4.00. The van der Waals surface area contributed by atoms with Gasteiger partial charge in [-0.25, -0.2) is 14.6 Å². The molecule has 1 heterocycles. The summed E-state index contributed by atoms with van der Waals surface area (Å²) in [5.74, 6) is -1.35. The third-order valence-electron chi connectivity index (χ3n) is 6.01. The van der Waals surface area contributed by atoms with E-state index in [1.54, 1.807) is 60.7 Å². The van der Waals surface area contributed by atoms with Crippen molar-refractivity contribution in [3.63, 3.8) is 0 Å². The highest BCUT2D eigenvalue weighted by molar-refractivity contribution is 9.10. The van der Waals surface area contributed by atoms with E-state index < -0.39 is 17.8 Å². The number of nitrogens with zero attached hydrogens (tertiary/aromatic N) is 2. The molecular weight excluding hydrogens is 552 g/mol. The molecule has 1 aliphatic heterocycles. The van der Waals surface area contributed by atoms with E-state index in [-0.39, 0.29) is 5.57 Å². The smallest absolute Gasteiger partial charge is 0.268 e. The minimum atomic E-state index is -0.721. The average molecular weight is 572 g/mol. The molecule has 0 aromatic heterocycles. The summed E-state index contributed by atoms with van der Waals surface area (Å²) in [5.41, 5.74) is 3.29. The Balaban J connectivity index is 1.54. The highest BCUT2D eigenvalue weighted by Gasteiger charge is 2.43. The number of para-hydroxylation sites is 2. The van der Waals surface area contributed by atoms with Gasteiger partial charge >= 0.3 is 6.03 Å². The van der Waals surface area contributed by atoms with Gasteiger partial charge in [-0.15, -0.1) is 0 Å². The van der Waals surface area contributed by atoms with E-state index in [2.05, 4.69) is 15.9 Å². The monoisotopic (exact) mass is 570 g/mol. The number of amides is 4. The van der Waals surface area contributed by atoms with E-state index >= 15 is 0 Å². The molecule has 4 amide bonds. The summed E-state index contributed by atoms with van der Waals surface area (Å²) in [4.78, 5) is 42.5. The van der Waals surface area contributed by atoms with Crippen LogP contribution in [0.15, 0.2) is 113 Å². The first-order valence-corrected chi connectivity index (χ1v) is 12.7. The minimum Gasteiger partial charge on any atom is -0.268 e. The second-order valence-corrected chi connectivity index (χ2v) is 9.67. The maximum atomic E-state index is 13.5. The number of carbonyl (C=O) groups excluding carboxylic acids is 3. The first-order chi connectivity index (χ1) is 17.9. The van der Waals surface area contributed by atoms with Crippen LogP contribution in [0.1, 0.15) is 16.7 Å². The Labute approximate surface area is 227 Å². The predicted molar refractivity (Wildman–Crippen MR) is 150 cm³/mol. The molecule has 0 spiro atoms. The van der Waals surface area contributed by atoms with Crippen LogP contribution in [-0.4, -0.2) is 17.8 Å². The molecule has 1 fully saturated rings. The van der Waals surface area contributed by atoms with Crippen molar-refractivity contribution in [1.29, 1.82) is 0 Å². The number of hydrogen-bond donors (Lipinski definition) is 0. The summed E-state index contributed by atoms with van der Waals surface area (Å²) in [6, 6.07) is 29.7. The molecule has 4 aromatic rings. The Kier molecular flexibility index (Phi) is 7.04. The minimum absolute atomic E-state index is 0.113. The average Bonchev–Trinajstić information content (AvgIpc) is 2.90. The van der Waals surface area contributed by atoms with Gasteiger partial charge in [-0.3, -0.25) is 9.59 Å². The number of anilines is 2. The molecule has 182 valence electrons. The van der Waals surface area contributed by atoms with Crippen molar-refractivity contribution in [3.05, 3.63) is 135 Å². The van der Waals surface area contributed by atoms with Crippen LogP contribution in [0.2, 0.25) is 5.02 Å². The summed E-state index contributed by atoms with van der Waals surface area (Å²) in [5, 5.41) is 0.686. The van der Waals surface area contributed by atoms with E-state index in [9.17, 15) is 14.4 Å². The van der Waals surface area contributed by atoms with Gasteiger partial charge in [0.25, 0.3) is 11.8 Å². The highest BCUT2D eigenvalue weighted by atomic mass is 79.9. The van der Waals surface area contributed by atoms with E-state index in [0.29, 0.717) is 28.4 Å². The lowest BCUT2D eigenvalue weighted by atomic mass is 10.0. The highest BCUT2D eigenvalue weighted by Crippen LogP contribution is 2.31. The zero-order chi connectivity index (χ0) is 25.9. The van der Waals surface area contributed by atoms with Crippen molar-refractivity contribution in [1.82, 2.24) is 0 Å². The second kappa shape index (κ2) is 10.5. The molecule has 1 aliphatic rings. The molecule has 0 saturated carbocycles. The summed E-state index contributed by atoms with van der Waals surface area (Å²) >= 11 is 9.94. The van der Waals surface area contributed by atoms with Crippen molar-refractivity contribution in [2.45, 2.75) is 6.42 Å².